The third-order valence-corrected chi connectivity index (χ3v) is 4.01. The summed E-state index contributed by atoms with van der Waals surface area (Å²) in [7, 11) is 0. The minimum Gasteiger partial charge on any atom is -0.478 e. The fourth-order valence-corrected chi connectivity index (χ4v) is 2.74. The highest BCUT2D eigenvalue weighted by Crippen LogP contribution is 2.40. The van der Waals surface area contributed by atoms with Crippen molar-refractivity contribution in [2.45, 2.75) is 32.1 Å². The average molecular weight is 275 g/mol. The molecule has 0 bridgehead atoms. The maximum Gasteiger partial charge on any atom is 0.339 e. The van der Waals surface area contributed by atoms with Gasteiger partial charge in [-0.3, -0.25) is 0 Å². The molecule has 1 N–H and O–H groups in total. The first-order valence-electron chi connectivity index (χ1n) is 6.13. The Hall–Kier alpha value is -1.82. The molecular formula is C13H13N3O2S. The summed E-state index contributed by atoms with van der Waals surface area (Å²) in [4.78, 5) is 24.1. The predicted octanol–water partition coefficient (Wildman–Crippen LogP) is 2.41. The van der Waals surface area contributed by atoms with Crippen molar-refractivity contribution in [3.05, 3.63) is 39.4 Å². The standard InChI is InChI=1S/C13H13N3O2S/c1-7-6-19-11(15-7)4-10-14-5-9(13(17)18)12(16-10)8-2-3-8/h5-6,8H,2-4H2,1H3,(H,17,18). The van der Waals surface area contributed by atoms with E-state index in [2.05, 4.69) is 15.0 Å². The van der Waals surface area contributed by atoms with Gasteiger partial charge >= 0.3 is 5.97 Å². The fraction of sp³-hybridized carbons (Fsp3) is 0.385. The molecule has 5 nitrogen and oxygen atoms in total. The van der Waals surface area contributed by atoms with E-state index in [9.17, 15) is 4.79 Å². The summed E-state index contributed by atoms with van der Waals surface area (Å²) in [6.07, 6.45) is 4.04. The molecule has 3 rings (SSSR count). The third kappa shape index (κ3) is 2.63. The van der Waals surface area contributed by atoms with Crippen LogP contribution in [-0.2, 0) is 6.42 Å². The topological polar surface area (TPSA) is 76.0 Å². The van der Waals surface area contributed by atoms with Crippen LogP contribution in [0.25, 0.3) is 0 Å². The number of aromatic carboxylic acids is 1. The van der Waals surface area contributed by atoms with Crippen molar-refractivity contribution in [2.75, 3.05) is 0 Å². The zero-order valence-electron chi connectivity index (χ0n) is 10.5. The molecule has 0 spiro atoms. The SMILES string of the molecule is Cc1csc(Cc2ncc(C(=O)O)c(C3CC3)n2)n1. The van der Waals surface area contributed by atoms with Crippen LogP contribution >= 0.6 is 11.3 Å². The molecule has 2 aromatic heterocycles. The lowest BCUT2D eigenvalue weighted by Crippen LogP contribution is -2.08. The van der Waals surface area contributed by atoms with Gasteiger partial charge in [0.25, 0.3) is 0 Å². The molecule has 1 aliphatic carbocycles. The number of carboxylic acid groups (broad SMARTS) is 1. The van der Waals surface area contributed by atoms with Gasteiger partial charge in [-0.15, -0.1) is 11.3 Å². The van der Waals surface area contributed by atoms with E-state index in [-0.39, 0.29) is 5.56 Å². The Balaban J connectivity index is 1.90. The van der Waals surface area contributed by atoms with Gasteiger partial charge in [0, 0.05) is 23.2 Å². The third-order valence-electron chi connectivity index (χ3n) is 3.04. The molecule has 98 valence electrons. The Labute approximate surface area is 114 Å². The lowest BCUT2D eigenvalue weighted by molar-refractivity contribution is 0.0694. The second kappa shape index (κ2) is 4.70. The number of aryl methyl sites for hydroxylation is 1. The van der Waals surface area contributed by atoms with Crippen LogP contribution in [0.4, 0.5) is 0 Å². The Morgan fingerprint density at radius 1 is 1.47 bits per heavy atom. The molecule has 1 aliphatic rings. The van der Waals surface area contributed by atoms with E-state index in [1.807, 2.05) is 12.3 Å². The summed E-state index contributed by atoms with van der Waals surface area (Å²) in [5.74, 6) is 0.00525. The quantitative estimate of drug-likeness (QED) is 0.927. The zero-order chi connectivity index (χ0) is 13.4. The largest absolute Gasteiger partial charge is 0.478 e. The van der Waals surface area contributed by atoms with Crippen molar-refractivity contribution in [2.24, 2.45) is 0 Å². The number of carbonyl (C=O) groups is 1. The first-order chi connectivity index (χ1) is 9.13. The molecule has 2 aromatic rings. The fourth-order valence-electron chi connectivity index (χ4n) is 1.97. The first-order valence-corrected chi connectivity index (χ1v) is 7.01. The van der Waals surface area contributed by atoms with Crippen LogP contribution in [0.2, 0.25) is 0 Å². The maximum absolute atomic E-state index is 11.1. The highest BCUT2D eigenvalue weighted by molar-refractivity contribution is 7.09. The van der Waals surface area contributed by atoms with Gasteiger partial charge in [-0.25, -0.2) is 19.7 Å². The number of carboxylic acids is 1. The van der Waals surface area contributed by atoms with Gasteiger partial charge in [0.2, 0.25) is 0 Å². The zero-order valence-corrected chi connectivity index (χ0v) is 11.3. The molecule has 2 heterocycles. The number of hydrogen-bond donors (Lipinski definition) is 1. The van der Waals surface area contributed by atoms with Gasteiger partial charge in [0.1, 0.15) is 10.8 Å². The summed E-state index contributed by atoms with van der Waals surface area (Å²) < 4.78 is 0. The number of rotatable bonds is 4. The number of hydrogen-bond acceptors (Lipinski definition) is 5. The van der Waals surface area contributed by atoms with E-state index < -0.39 is 5.97 Å². The Bertz CT molecular complexity index is 635. The lowest BCUT2D eigenvalue weighted by Gasteiger charge is -2.05. The second-order valence-electron chi connectivity index (χ2n) is 4.72. The first kappa shape index (κ1) is 12.2. The molecular weight excluding hydrogens is 262 g/mol. The molecule has 0 unspecified atom stereocenters. The predicted molar refractivity (Wildman–Crippen MR) is 70.6 cm³/mol. The monoisotopic (exact) mass is 275 g/mol. The van der Waals surface area contributed by atoms with Crippen molar-refractivity contribution in [3.63, 3.8) is 0 Å². The van der Waals surface area contributed by atoms with E-state index in [4.69, 9.17) is 5.11 Å². The van der Waals surface area contributed by atoms with Crippen LogP contribution < -0.4 is 0 Å². The van der Waals surface area contributed by atoms with Crippen LogP contribution in [-0.4, -0.2) is 26.0 Å². The molecule has 0 atom stereocenters. The lowest BCUT2D eigenvalue weighted by atomic mass is 10.1. The van der Waals surface area contributed by atoms with E-state index in [1.165, 1.54) is 6.20 Å². The summed E-state index contributed by atoms with van der Waals surface area (Å²) in [6.45, 7) is 1.95. The summed E-state index contributed by atoms with van der Waals surface area (Å²) in [5, 5.41) is 12.1. The van der Waals surface area contributed by atoms with Crippen LogP contribution in [0.15, 0.2) is 11.6 Å². The minimum absolute atomic E-state index is 0.238. The van der Waals surface area contributed by atoms with E-state index in [0.29, 0.717) is 23.9 Å². The van der Waals surface area contributed by atoms with E-state index in [0.717, 1.165) is 23.5 Å². The van der Waals surface area contributed by atoms with Crippen molar-refractivity contribution in [1.29, 1.82) is 0 Å². The van der Waals surface area contributed by atoms with Crippen LogP contribution in [0.5, 0.6) is 0 Å². The number of aromatic nitrogens is 3. The second-order valence-corrected chi connectivity index (χ2v) is 5.67. The van der Waals surface area contributed by atoms with Gasteiger partial charge in [-0.05, 0) is 19.8 Å². The smallest absolute Gasteiger partial charge is 0.339 e. The van der Waals surface area contributed by atoms with E-state index in [1.54, 1.807) is 11.3 Å². The van der Waals surface area contributed by atoms with E-state index >= 15 is 0 Å². The number of thiazole rings is 1. The normalized spacial score (nSPS) is 14.6. The summed E-state index contributed by atoms with van der Waals surface area (Å²) in [5.41, 5.74) is 1.91. The summed E-state index contributed by atoms with van der Waals surface area (Å²) >= 11 is 1.58. The average Bonchev–Trinajstić information content (AvgIpc) is 3.14. The number of nitrogens with zero attached hydrogens (tertiary/aromatic N) is 3. The molecule has 1 fully saturated rings. The summed E-state index contributed by atoms with van der Waals surface area (Å²) in [6, 6.07) is 0. The Morgan fingerprint density at radius 3 is 2.84 bits per heavy atom. The van der Waals surface area contributed by atoms with Gasteiger partial charge in [0.15, 0.2) is 0 Å². The molecule has 6 heteroatoms. The Kier molecular flexibility index (Phi) is 3.02. The molecule has 0 aromatic carbocycles. The molecule has 0 radical (unpaired) electrons. The molecule has 1 saturated carbocycles. The van der Waals surface area contributed by atoms with Gasteiger partial charge in [0.05, 0.1) is 17.7 Å². The molecule has 0 amide bonds. The Morgan fingerprint density at radius 2 is 2.26 bits per heavy atom. The van der Waals surface area contributed by atoms with Crippen LogP contribution in [0, 0.1) is 6.92 Å². The highest BCUT2D eigenvalue weighted by atomic mass is 32.1. The van der Waals surface area contributed by atoms with Crippen molar-refractivity contribution in [1.82, 2.24) is 15.0 Å². The minimum atomic E-state index is -0.946. The maximum atomic E-state index is 11.1. The van der Waals surface area contributed by atoms with Crippen LogP contribution in [0.3, 0.4) is 0 Å². The van der Waals surface area contributed by atoms with Crippen molar-refractivity contribution in [3.8, 4) is 0 Å². The molecule has 0 saturated heterocycles. The van der Waals surface area contributed by atoms with Crippen LogP contribution in [0.1, 0.15) is 51.3 Å². The highest BCUT2D eigenvalue weighted by Gasteiger charge is 2.30. The molecule has 0 aliphatic heterocycles. The molecule has 19 heavy (non-hydrogen) atoms. The van der Waals surface area contributed by atoms with Gasteiger partial charge in [-0.1, -0.05) is 0 Å². The van der Waals surface area contributed by atoms with Crippen molar-refractivity contribution < 1.29 is 9.90 Å². The van der Waals surface area contributed by atoms with Gasteiger partial charge in [-0.2, -0.15) is 0 Å². The van der Waals surface area contributed by atoms with Crippen molar-refractivity contribution >= 4 is 17.3 Å². The van der Waals surface area contributed by atoms with Gasteiger partial charge < -0.3 is 5.11 Å².